The number of amides is 4. The van der Waals surface area contributed by atoms with Gasteiger partial charge >= 0.3 is 6.03 Å². The fourth-order valence-corrected chi connectivity index (χ4v) is 5.18. The molecule has 1 atom stereocenters. The Balaban J connectivity index is 1.36. The van der Waals surface area contributed by atoms with Crippen LogP contribution in [-0.2, 0) is 14.3 Å². The van der Waals surface area contributed by atoms with E-state index in [0.717, 1.165) is 55.5 Å². The number of guanidine groups is 1. The number of morpholine rings is 1. The molecule has 0 saturated carbocycles. The molecule has 3 aliphatic rings. The SMILES string of the molecule is Cc1cc2cc(NC(=NC3CCCCN(CC(=O)N4CCCC4)C3=O)NC(=O)N3CCOCC3)ccc2o1. The summed E-state index contributed by atoms with van der Waals surface area (Å²) in [6.45, 7) is 5.92. The number of benzene rings is 1. The summed E-state index contributed by atoms with van der Waals surface area (Å²) < 4.78 is 11.0. The Kier molecular flexibility index (Phi) is 8.11. The third kappa shape index (κ3) is 6.27. The lowest BCUT2D eigenvalue weighted by Crippen LogP contribution is -2.50. The van der Waals surface area contributed by atoms with Crippen LogP contribution in [0.4, 0.5) is 10.5 Å². The van der Waals surface area contributed by atoms with Gasteiger partial charge in [-0.1, -0.05) is 0 Å². The molecular formula is C27H36N6O5. The molecular weight excluding hydrogens is 488 g/mol. The zero-order valence-corrected chi connectivity index (χ0v) is 21.9. The molecule has 11 heteroatoms. The van der Waals surface area contributed by atoms with E-state index in [1.54, 1.807) is 9.80 Å². The van der Waals surface area contributed by atoms with Crippen molar-refractivity contribution in [3.8, 4) is 0 Å². The fraction of sp³-hybridized carbons (Fsp3) is 0.556. The van der Waals surface area contributed by atoms with Crippen LogP contribution in [0.25, 0.3) is 11.0 Å². The lowest BCUT2D eigenvalue weighted by atomic mass is 10.1. The van der Waals surface area contributed by atoms with Crippen LogP contribution in [-0.4, -0.2) is 97.0 Å². The molecule has 0 spiro atoms. The highest BCUT2D eigenvalue weighted by Gasteiger charge is 2.31. The highest BCUT2D eigenvalue weighted by molar-refractivity contribution is 6.05. The first-order valence-electron chi connectivity index (χ1n) is 13.5. The van der Waals surface area contributed by atoms with Gasteiger partial charge in [0, 0.05) is 43.8 Å². The lowest BCUT2D eigenvalue weighted by molar-refractivity contribution is -0.140. The molecule has 204 valence electrons. The molecule has 2 N–H and O–H groups in total. The second-order valence-electron chi connectivity index (χ2n) is 10.1. The van der Waals surface area contributed by atoms with Crippen LogP contribution in [0.15, 0.2) is 33.7 Å². The number of carbonyl (C=O) groups is 3. The third-order valence-electron chi connectivity index (χ3n) is 7.25. The number of rotatable bonds is 4. The van der Waals surface area contributed by atoms with E-state index in [1.807, 2.05) is 36.1 Å². The van der Waals surface area contributed by atoms with Crippen molar-refractivity contribution >= 4 is 40.5 Å². The quantitative estimate of drug-likeness (QED) is 0.469. The molecule has 11 nitrogen and oxygen atoms in total. The monoisotopic (exact) mass is 524 g/mol. The number of fused-ring (bicyclic) bond motifs is 1. The van der Waals surface area contributed by atoms with Gasteiger partial charge in [-0.15, -0.1) is 0 Å². The van der Waals surface area contributed by atoms with Crippen LogP contribution in [0.2, 0.25) is 0 Å². The zero-order chi connectivity index (χ0) is 26.5. The summed E-state index contributed by atoms with van der Waals surface area (Å²) in [5.74, 6) is 0.811. The number of likely N-dealkylation sites (tertiary alicyclic amines) is 2. The van der Waals surface area contributed by atoms with Crippen molar-refractivity contribution in [1.29, 1.82) is 0 Å². The second-order valence-corrected chi connectivity index (χ2v) is 10.1. The number of hydrogen-bond acceptors (Lipinski definition) is 6. The highest BCUT2D eigenvalue weighted by atomic mass is 16.5. The first kappa shape index (κ1) is 26.0. The van der Waals surface area contributed by atoms with E-state index in [0.29, 0.717) is 45.0 Å². The van der Waals surface area contributed by atoms with Crippen molar-refractivity contribution in [1.82, 2.24) is 20.0 Å². The molecule has 3 fully saturated rings. The van der Waals surface area contributed by atoms with Crippen LogP contribution in [0.1, 0.15) is 37.9 Å². The van der Waals surface area contributed by atoms with Crippen LogP contribution in [0, 0.1) is 6.92 Å². The van der Waals surface area contributed by atoms with Gasteiger partial charge in [0.25, 0.3) is 0 Å². The minimum Gasteiger partial charge on any atom is -0.461 e. The first-order valence-corrected chi connectivity index (χ1v) is 13.5. The number of nitrogens with zero attached hydrogens (tertiary/aromatic N) is 4. The zero-order valence-electron chi connectivity index (χ0n) is 21.9. The third-order valence-corrected chi connectivity index (χ3v) is 7.25. The Bertz CT molecular complexity index is 1200. The maximum atomic E-state index is 13.5. The fourth-order valence-electron chi connectivity index (χ4n) is 5.18. The molecule has 0 aliphatic carbocycles. The van der Waals surface area contributed by atoms with Gasteiger partial charge in [0.2, 0.25) is 17.8 Å². The van der Waals surface area contributed by atoms with Gasteiger partial charge in [0.05, 0.1) is 19.8 Å². The van der Waals surface area contributed by atoms with Crippen LogP contribution in [0.5, 0.6) is 0 Å². The minimum atomic E-state index is -0.698. The lowest BCUT2D eigenvalue weighted by Gasteiger charge is -2.28. The van der Waals surface area contributed by atoms with Gasteiger partial charge in [-0.3, -0.25) is 14.9 Å². The van der Waals surface area contributed by atoms with Gasteiger partial charge in [0.15, 0.2) is 0 Å². The normalized spacial score (nSPS) is 21.1. The van der Waals surface area contributed by atoms with Crippen molar-refractivity contribution in [3.05, 3.63) is 30.0 Å². The van der Waals surface area contributed by atoms with Crippen molar-refractivity contribution in [2.75, 3.05) is 57.8 Å². The Hall–Kier alpha value is -3.60. The molecule has 5 rings (SSSR count). The Labute approximate surface area is 222 Å². The minimum absolute atomic E-state index is 0.0110. The summed E-state index contributed by atoms with van der Waals surface area (Å²) in [5, 5.41) is 7.01. The van der Waals surface area contributed by atoms with Crippen molar-refractivity contribution in [2.24, 2.45) is 4.99 Å². The van der Waals surface area contributed by atoms with Crippen molar-refractivity contribution < 1.29 is 23.5 Å². The Morgan fingerprint density at radius 3 is 2.55 bits per heavy atom. The highest BCUT2D eigenvalue weighted by Crippen LogP contribution is 2.23. The predicted octanol–water partition coefficient (Wildman–Crippen LogP) is 2.55. The standard InChI is InChI=1S/C27H36N6O5/c1-19-16-20-17-21(7-8-23(20)38-19)28-26(30-27(36)32-12-14-37-15-13-32)29-22-6-2-3-11-33(25(22)35)18-24(34)31-9-4-5-10-31/h7-8,16-17,22H,2-6,9-15,18H2,1H3,(H2,28,29,30,36). The second kappa shape index (κ2) is 11.8. The molecule has 0 bridgehead atoms. The van der Waals surface area contributed by atoms with E-state index in [4.69, 9.17) is 14.1 Å². The average molecular weight is 525 g/mol. The molecule has 4 amide bonds. The van der Waals surface area contributed by atoms with E-state index in [-0.39, 0.29) is 30.3 Å². The van der Waals surface area contributed by atoms with E-state index >= 15 is 0 Å². The molecule has 3 saturated heterocycles. The predicted molar refractivity (Wildman–Crippen MR) is 143 cm³/mol. The summed E-state index contributed by atoms with van der Waals surface area (Å²) in [5.41, 5.74) is 1.47. The van der Waals surface area contributed by atoms with Crippen LogP contribution >= 0.6 is 0 Å². The summed E-state index contributed by atoms with van der Waals surface area (Å²) in [7, 11) is 0. The molecule has 4 heterocycles. The first-order chi connectivity index (χ1) is 18.5. The summed E-state index contributed by atoms with van der Waals surface area (Å²) in [4.78, 5) is 49.2. The molecule has 1 unspecified atom stereocenters. The molecule has 3 aliphatic heterocycles. The number of nitrogens with one attached hydrogen (secondary N) is 2. The number of ether oxygens (including phenoxy) is 1. The van der Waals surface area contributed by atoms with Gasteiger partial charge < -0.3 is 29.2 Å². The molecule has 2 aromatic rings. The van der Waals surface area contributed by atoms with Crippen molar-refractivity contribution in [2.45, 2.75) is 45.1 Å². The van der Waals surface area contributed by atoms with Crippen LogP contribution < -0.4 is 10.6 Å². The van der Waals surface area contributed by atoms with Crippen LogP contribution in [0.3, 0.4) is 0 Å². The smallest absolute Gasteiger partial charge is 0.324 e. The Morgan fingerprint density at radius 1 is 1.00 bits per heavy atom. The maximum absolute atomic E-state index is 13.5. The van der Waals surface area contributed by atoms with Gasteiger partial charge in [-0.05, 0) is 63.3 Å². The Morgan fingerprint density at radius 2 is 1.76 bits per heavy atom. The molecule has 1 aromatic heterocycles. The van der Waals surface area contributed by atoms with E-state index < -0.39 is 6.04 Å². The number of carbonyl (C=O) groups excluding carboxylic acids is 3. The molecule has 0 radical (unpaired) electrons. The number of furan rings is 1. The largest absolute Gasteiger partial charge is 0.461 e. The van der Waals surface area contributed by atoms with Gasteiger partial charge in [-0.25, -0.2) is 9.79 Å². The summed E-state index contributed by atoms with van der Waals surface area (Å²) >= 11 is 0. The van der Waals surface area contributed by atoms with E-state index in [2.05, 4.69) is 10.6 Å². The van der Waals surface area contributed by atoms with Crippen molar-refractivity contribution in [3.63, 3.8) is 0 Å². The molecule has 38 heavy (non-hydrogen) atoms. The average Bonchev–Trinajstić information content (AvgIpc) is 3.55. The van der Waals surface area contributed by atoms with Gasteiger partial charge in [0.1, 0.15) is 17.4 Å². The number of urea groups is 1. The number of anilines is 1. The van der Waals surface area contributed by atoms with E-state index in [1.165, 1.54) is 0 Å². The number of hydrogen-bond donors (Lipinski definition) is 2. The summed E-state index contributed by atoms with van der Waals surface area (Å²) in [6, 6.07) is 6.55. The number of aryl methyl sites for hydroxylation is 1. The molecule has 1 aromatic carbocycles. The summed E-state index contributed by atoms with van der Waals surface area (Å²) in [6.07, 6.45) is 4.18. The van der Waals surface area contributed by atoms with Gasteiger partial charge in [-0.2, -0.15) is 0 Å². The van der Waals surface area contributed by atoms with E-state index in [9.17, 15) is 14.4 Å². The maximum Gasteiger partial charge on any atom is 0.324 e. The number of aliphatic imine (C=N–C) groups is 1. The topological polar surface area (TPSA) is 120 Å².